The third-order valence-electron chi connectivity index (χ3n) is 5.55. The van der Waals surface area contributed by atoms with E-state index in [0.29, 0.717) is 23.4 Å². The SMILES string of the molecule is COc1cc([C@@H]2c3ccccc3CC[C@H]2N(C)CC(OC)OC)ccc1Cl. The van der Waals surface area contributed by atoms with Gasteiger partial charge in [-0.1, -0.05) is 41.9 Å². The number of hydrogen-bond donors (Lipinski definition) is 0. The first-order valence-corrected chi connectivity index (χ1v) is 9.63. The highest BCUT2D eigenvalue weighted by Crippen LogP contribution is 2.41. The molecular formula is C22H28ClNO3. The van der Waals surface area contributed by atoms with Crippen LogP contribution < -0.4 is 4.74 Å². The van der Waals surface area contributed by atoms with Crippen molar-refractivity contribution in [2.75, 3.05) is 34.9 Å². The quantitative estimate of drug-likeness (QED) is 0.659. The molecular weight excluding hydrogens is 362 g/mol. The molecule has 0 fully saturated rings. The van der Waals surface area contributed by atoms with Crippen molar-refractivity contribution in [2.45, 2.75) is 31.1 Å². The van der Waals surface area contributed by atoms with Crippen molar-refractivity contribution in [3.63, 3.8) is 0 Å². The summed E-state index contributed by atoms with van der Waals surface area (Å²) in [6, 6.07) is 15.2. The minimum absolute atomic E-state index is 0.237. The van der Waals surface area contributed by atoms with Crippen molar-refractivity contribution in [1.29, 1.82) is 0 Å². The van der Waals surface area contributed by atoms with E-state index in [-0.39, 0.29) is 12.2 Å². The molecule has 4 nitrogen and oxygen atoms in total. The number of hydrogen-bond acceptors (Lipinski definition) is 4. The van der Waals surface area contributed by atoms with Gasteiger partial charge in [0.15, 0.2) is 6.29 Å². The van der Waals surface area contributed by atoms with Gasteiger partial charge >= 0.3 is 0 Å². The number of benzene rings is 2. The summed E-state index contributed by atoms with van der Waals surface area (Å²) in [6.45, 7) is 0.709. The third kappa shape index (κ3) is 4.30. The molecule has 0 N–H and O–H groups in total. The van der Waals surface area contributed by atoms with Crippen LogP contribution in [0, 0.1) is 0 Å². The Hall–Kier alpha value is -1.59. The highest BCUT2D eigenvalue weighted by molar-refractivity contribution is 6.32. The Morgan fingerprint density at radius 3 is 2.56 bits per heavy atom. The Morgan fingerprint density at radius 2 is 1.85 bits per heavy atom. The lowest BCUT2D eigenvalue weighted by atomic mass is 9.75. The Kier molecular flexibility index (Phi) is 6.77. The van der Waals surface area contributed by atoms with Gasteiger partial charge in [0.2, 0.25) is 0 Å². The summed E-state index contributed by atoms with van der Waals surface area (Å²) in [4.78, 5) is 2.35. The molecule has 0 unspecified atom stereocenters. The van der Waals surface area contributed by atoms with E-state index in [1.807, 2.05) is 6.07 Å². The molecule has 1 aliphatic carbocycles. The van der Waals surface area contributed by atoms with Crippen molar-refractivity contribution in [2.24, 2.45) is 0 Å². The van der Waals surface area contributed by atoms with Gasteiger partial charge in [0.05, 0.1) is 12.1 Å². The number of rotatable bonds is 7. The van der Waals surface area contributed by atoms with Crippen molar-refractivity contribution >= 4 is 11.6 Å². The molecule has 0 amide bonds. The average molecular weight is 390 g/mol. The molecule has 146 valence electrons. The molecule has 2 atom stereocenters. The largest absolute Gasteiger partial charge is 0.495 e. The first kappa shape index (κ1) is 20.2. The lowest BCUT2D eigenvalue weighted by molar-refractivity contribution is -0.118. The van der Waals surface area contributed by atoms with E-state index in [1.54, 1.807) is 21.3 Å². The summed E-state index contributed by atoms with van der Waals surface area (Å²) in [5.74, 6) is 0.950. The molecule has 0 saturated carbocycles. The minimum atomic E-state index is -0.243. The molecule has 27 heavy (non-hydrogen) atoms. The highest BCUT2D eigenvalue weighted by atomic mass is 35.5. The second-order valence-electron chi connectivity index (χ2n) is 7.02. The van der Waals surface area contributed by atoms with Gasteiger partial charge in [0.1, 0.15) is 5.75 Å². The van der Waals surface area contributed by atoms with Gasteiger partial charge < -0.3 is 14.2 Å². The number of aryl methyl sites for hydroxylation is 1. The van der Waals surface area contributed by atoms with Crippen LogP contribution in [0.2, 0.25) is 5.02 Å². The Labute approximate surface area is 167 Å². The number of nitrogens with zero attached hydrogens (tertiary/aromatic N) is 1. The van der Waals surface area contributed by atoms with Crippen LogP contribution >= 0.6 is 11.6 Å². The maximum Gasteiger partial charge on any atom is 0.169 e. The second-order valence-corrected chi connectivity index (χ2v) is 7.42. The molecule has 0 aliphatic heterocycles. The van der Waals surface area contributed by atoms with E-state index in [2.05, 4.69) is 48.3 Å². The predicted octanol–water partition coefficient (Wildman–Crippen LogP) is 4.35. The number of likely N-dealkylation sites (N-methyl/N-ethyl adjacent to an activating group) is 1. The van der Waals surface area contributed by atoms with Gasteiger partial charge in [-0.3, -0.25) is 4.90 Å². The Bertz CT molecular complexity index is 763. The first-order valence-electron chi connectivity index (χ1n) is 9.26. The number of halogens is 1. The molecule has 3 rings (SSSR count). The highest BCUT2D eigenvalue weighted by Gasteiger charge is 2.34. The summed E-state index contributed by atoms with van der Waals surface area (Å²) in [5.41, 5.74) is 4.00. The number of methoxy groups -OCH3 is 3. The van der Waals surface area contributed by atoms with Gasteiger partial charge in [-0.15, -0.1) is 0 Å². The molecule has 0 spiro atoms. The van der Waals surface area contributed by atoms with Crippen LogP contribution in [0.25, 0.3) is 0 Å². The maximum atomic E-state index is 6.27. The summed E-state index contributed by atoms with van der Waals surface area (Å²) < 4.78 is 16.3. The molecule has 0 bridgehead atoms. The predicted molar refractivity (Wildman–Crippen MR) is 109 cm³/mol. The molecule has 0 saturated heterocycles. The monoisotopic (exact) mass is 389 g/mol. The van der Waals surface area contributed by atoms with E-state index in [0.717, 1.165) is 12.8 Å². The normalized spacial score (nSPS) is 19.4. The van der Waals surface area contributed by atoms with Crippen LogP contribution in [0.5, 0.6) is 5.75 Å². The maximum absolute atomic E-state index is 6.27. The third-order valence-corrected chi connectivity index (χ3v) is 5.86. The van der Waals surface area contributed by atoms with E-state index >= 15 is 0 Å². The van der Waals surface area contributed by atoms with Crippen LogP contribution in [0.15, 0.2) is 42.5 Å². The summed E-state index contributed by atoms with van der Waals surface area (Å²) in [5, 5.41) is 0.633. The Morgan fingerprint density at radius 1 is 1.11 bits per heavy atom. The molecule has 2 aromatic carbocycles. The van der Waals surface area contributed by atoms with Crippen LogP contribution in [0.3, 0.4) is 0 Å². The molecule has 1 aliphatic rings. The zero-order chi connectivity index (χ0) is 19.4. The van der Waals surface area contributed by atoms with Crippen molar-refractivity contribution in [3.8, 4) is 5.75 Å². The zero-order valence-corrected chi connectivity index (χ0v) is 17.2. The van der Waals surface area contributed by atoms with Crippen LogP contribution in [-0.4, -0.2) is 52.2 Å². The van der Waals surface area contributed by atoms with E-state index in [1.165, 1.54) is 16.7 Å². The lowest BCUT2D eigenvalue weighted by Gasteiger charge is -2.40. The van der Waals surface area contributed by atoms with Crippen molar-refractivity contribution in [1.82, 2.24) is 4.90 Å². The molecule has 0 aromatic heterocycles. The van der Waals surface area contributed by atoms with E-state index in [9.17, 15) is 0 Å². The fourth-order valence-corrected chi connectivity index (χ4v) is 4.30. The van der Waals surface area contributed by atoms with Gasteiger partial charge in [-0.2, -0.15) is 0 Å². The van der Waals surface area contributed by atoms with Crippen LogP contribution in [0.4, 0.5) is 0 Å². The fraction of sp³-hybridized carbons (Fsp3) is 0.455. The summed E-state index contributed by atoms with van der Waals surface area (Å²) >= 11 is 6.27. The van der Waals surface area contributed by atoms with Crippen molar-refractivity contribution in [3.05, 3.63) is 64.2 Å². The van der Waals surface area contributed by atoms with E-state index in [4.69, 9.17) is 25.8 Å². The smallest absolute Gasteiger partial charge is 0.169 e. The topological polar surface area (TPSA) is 30.9 Å². The standard InChI is InChI=1S/C22H28ClNO3/c1-24(14-21(26-3)27-4)19-12-10-15-7-5-6-8-17(15)22(19)16-9-11-18(23)20(13-16)25-2/h5-9,11,13,19,21-22H,10,12,14H2,1-4H3/t19-,22-/m1/s1. The minimum Gasteiger partial charge on any atom is -0.495 e. The summed E-state index contributed by atoms with van der Waals surface area (Å²) in [6.07, 6.45) is 1.90. The molecule has 5 heteroatoms. The zero-order valence-electron chi connectivity index (χ0n) is 16.4. The first-order chi connectivity index (χ1) is 13.1. The fourth-order valence-electron chi connectivity index (χ4n) is 4.10. The second kappa shape index (κ2) is 9.07. The lowest BCUT2D eigenvalue weighted by Crippen LogP contribution is -2.44. The van der Waals surface area contributed by atoms with Gasteiger partial charge in [0.25, 0.3) is 0 Å². The number of ether oxygens (including phenoxy) is 3. The average Bonchev–Trinajstić information content (AvgIpc) is 2.71. The molecule has 2 aromatic rings. The van der Waals surface area contributed by atoms with E-state index < -0.39 is 0 Å². The number of fused-ring (bicyclic) bond motifs is 1. The van der Waals surface area contributed by atoms with Gasteiger partial charge in [-0.05, 0) is 48.7 Å². The van der Waals surface area contributed by atoms with Gasteiger partial charge in [-0.25, -0.2) is 0 Å². The molecule has 0 radical (unpaired) electrons. The van der Waals surface area contributed by atoms with Crippen LogP contribution in [0.1, 0.15) is 29.0 Å². The van der Waals surface area contributed by atoms with Gasteiger partial charge in [0, 0.05) is 32.7 Å². The summed E-state index contributed by atoms with van der Waals surface area (Å²) in [7, 11) is 7.16. The van der Waals surface area contributed by atoms with Crippen LogP contribution in [-0.2, 0) is 15.9 Å². The Balaban J connectivity index is 2.00. The molecule has 0 heterocycles. The van der Waals surface area contributed by atoms with Crippen molar-refractivity contribution < 1.29 is 14.2 Å².